The van der Waals surface area contributed by atoms with Gasteiger partial charge < -0.3 is 15.0 Å². The van der Waals surface area contributed by atoms with Crippen molar-refractivity contribution in [2.45, 2.75) is 40.7 Å². The van der Waals surface area contributed by atoms with E-state index in [4.69, 9.17) is 16.3 Å². The molecule has 2 rings (SSSR count). The van der Waals surface area contributed by atoms with Crippen LogP contribution in [0.3, 0.4) is 0 Å². The van der Waals surface area contributed by atoms with E-state index in [1.807, 2.05) is 13.8 Å². The maximum atomic E-state index is 12.2. The number of H-pyrrole nitrogens is 1. The van der Waals surface area contributed by atoms with Gasteiger partial charge in [0.2, 0.25) is 5.91 Å². The maximum Gasteiger partial charge on any atom is 0.349 e. The summed E-state index contributed by atoms with van der Waals surface area (Å²) in [5.74, 6) is 0.262. The van der Waals surface area contributed by atoms with Gasteiger partial charge in [-0.15, -0.1) is 11.6 Å². The Labute approximate surface area is 222 Å². The first-order valence-corrected chi connectivity index (χ1v) is 12.4. The van der Waals surface area contributed by atoms with Gasteiger partial charge >= 0.3 is 5.69 Å². The van der Waals surface area contributed by atoms with Gasteiger partial charge in [0.05, 0.1) is 10.7 Å². The third kappa shape index (κ3) is 10.4. The zero-order valence-electron chi connectivity index (χ0n) is 22.2. The minimum Gasteiger partial charge on any atom is -0.456 e. The lowest BCUT2D eigenvalue weighted by Crippen LogP contribution is -2.35. The third-order valence-electron chi connectivity index (χ3n) is 4.19. The maximum absolute atomic E-state index is 12.2. The van der Waals surface area contributed by atoms with Crippen LogP contribution in [0.15, 0.2) is 51.8 Å². The van der Waals surface area contributed by atoms with Crippen molar-refractivity contribution in [1.82, 2.24) is 25.0 Å². The molecule has 0 atom stereocenters. The quantitative estimate of drug-likeness (QED) is 0.225. The number of rotatable bonds is 8. The van der Waals surface area contributed by atoms with Crippen molar-refractivity contribution in [3.05, 3.63) is 73.7 Å². The van der Waals surface area contributed by atoms with Gasteiger partial charge in [-0.3, -0.25) is 14.6 Å². The number of allylic oxidation sites excluding steroid dienone is 1. The molecule has 1 heterocycles. The second kappa shape index (κ2) is 16.7. The van der Waals surface area contributed by atoms with Gasteiger partial charge in [-0.2, -0.15) is 9.78 Å². The molecule has 2 aromatic rings. The lowest BCUT2D eigenvalue weighted by molar-refractivity contribution is -0.117. The topological polar surface area (TPSA) is 109 Å². The number of amides is 1. The molecule has 1 aromatic heterocycles. The second-order valence-corrected chi connectivity index (χ2v) is 8.49. The van der Waals surface area contributed by atoms with Crippen molar-refractivity contribution in [3.8, 4) is 11.4 Å². The average Bonchev–Trinajstić information content (AvgIpc) is 2.81. The second-order valence-electron chi connectivity index (χ2n) is 8.08. The van der Waals surface area contributed by atoms with Crippen molar-refractivity contribution in [1.29, 1.82) is 0 Å². The largest absolute Gasteiger partial charge is 0.456 e. The van der Waals surface area contributed by atoms with Crippen molar-refractivity contribution >= 4 is 29.1 Å². The van der Waals surface area contributed by atoms with E-state index in [2.05, 4.69) is 47.4 Å². The molecule has 0 radical (unpaired) electrons. The van der Waals surface area contributed by atoms with Crippen LogP contribution in [0.4, 0.5) is 0 Å². The van der Waals surface area contributed by atoms with E-state index in [-0.39, 0.29) is 40.6 Å². The van der Waals surface area contributed by atoms with Crippen molar-refractivity contribution in [2.24, 2.45) is 5.92 Å². The number of likely N-dealkylation sites (N-methyl/N-ethyl adjacent to an activating group) is 1. The standard InChI is InChI=1S/C21H26ClN5O4.C3H8.CH3Cl/c1-12(2)15(19(28)23-4)9-13(3)31-18-8-7-14(10-16(18)22)27-21(30)24-20(29)17(25-27)11-26(5)6;1-3-2;1-2/h7-10,12H,3,11H2,1-2,4-6H3,(H,23,28)(H,24,29,30);3H2,1-2H3;1H3/b15-9-;;. The first-order chi connectivity index (χ1) is 16.9. The Morgan fingerprint density at radius 2 is 1.86 bits per heavy atom. The van der Waals surface area contributed by atoms with Crippen LogP contribution in [0.2, 0.25) is 5.02 Å². The first-order valence-electron chi connectivity index (χ1n) is 11.3. The Balaban J connectivity index is 0.00000227. The molecule has 0 spiro atoms. The number of hydrogen-bond donors (Lipinski definition) is 2. The van der Waals surface area contributed by atoms with Gasteiger partial charge in [-0.05, 0) is 44.3 Å². The van der Waals surface area contributed by atoms with Gasteiger partial charge in [0, 0.05) is 25.5 Å². The van der Waals surface area contributed by atoms with Crippen LogP contribution in [-0.4, -0.2) is 53.1 Å². The molecular formula is C25H37Cl2N5O4. The Morgan fingerprint density at radius 3 is 2.33 bits per heavy atom. The fourth-order valence-electron chi connectivity index (χ4n) is 2.70. The summed E-state index contributed by atoms with van der Waals surface area (Å²) in [7, 11) is 5.12. The molecule has 0 fully saturated rings. The first kappa shape index (κ1) is 33.1. The third-order valence-corrected chi connectivity index (χ3v) is 4.49. The van der Waals surface area contributed by atoms with Gasteiger partial charge in [-0.25, -0.2) is 4.79 Å². The van der Waals surface area contributed by atoms with Crippen LogP contribution in [0, 0.1) is 5.92 Å². The molecule has 0 unspecified atom stereocenters. The van der Waals surface area contributed by atoms with E-state index >= 15 is 0 Å². The van der Waals surface area contributed by atoms with E-state index in [0.29, 0.717) is 11.3 Å². The number of halogens is 2. The van der Waals surface area contributed by atoms with Crippen LogP contribution >= 0.6 is 23.2 Å². The number of nitrogens with zero attached hydrogens (tertiary/aromatic N) is 3. The van der Waals surface area contributed by atoms with Gasteiger partial charge in [0.25, 0.3) is 5.56 Å². The molecule has 2 N–H and O–H groups in total. The van der Waals surface area contributed by atoms with E-state index < -0.39 is 11.2 Å². The summed E-state index contributed by atoms with van der Waals surface area (Å²) >= 11 is 11.0. The summed E-state index contributed by atoms with van der Waals surface area (Å²) < 4.78 is 6.74. The number of carbonyl (C=O) groups excluding carboxylic acids is 1. The molecule has 36 heavy (non-hydrogen) atoms. The molecule has 0 aliphatic carbocycles. The predicted octanol–water partition coefficient (Wildman–Crippen LogP) is 4.13. The number of aromatic nitrogens is 3. The summed E-state index contributed by atoms with van der Waals surface area (Å²) in [4.78, 5) is 40.2. The average molecular weight is 543 g/mol. The zero-order chi connectivity index (χ0) is 28.0. The number of alkyl halides is 1. The number of hydrogen-bond acceptors (Lipinski definition) is 6. The van der Waals surface area contributed by atoms with Crippen LogP contribution in [0.25, 0.3) is 5.69 Å². The normalized spacial score (nSPS) is 10.7. The van der Waals surface area contributed by atoms with Gasteiger partial charge in [0.15, 0.2) is 0 Å². The predicted molar refractivity (Wildman–Crippen MR) is 147 cm³/mol. The molecule has 9 nitrogen and oxygen atoms in total. The Morgan fingerprint density at radius 1 is 1.28 bits per heavy atom. The van der Waals surface area contributed by atoms with Crippen molar-refractivity contribution in [2.75, 3.05) is 27.5 Å². The van der Waals surface area contributed by atoms with Crippen molar-refractivity contribution in [3.63, 3.8) is 0 Å². The highest BCUT2D eigenvalue weighted by atomic mass is 35.5. The Bertz CT molecular complexity index is 1150. The van der Waals surface area contributed by atoms with Crippen LogP contribution in [-0.2, 0) is 11.3 Å². The lowest BCUT2D eigenvalue weighted by atomic mass is 10.0. The van der Waals surface area contributed by atoms with Crippen LogP contribution in [0.1, 0.15) is 39.8 Å². The van der Waals surface area contributed by atoms with E-state index in [1.165, 1.54) is 18.9 Å². The lowest BCUT2D eigenvalue weighted by Gasteiger charge is -2.13. The van der Waals surface area contributed by atoms with Crippen LogP contribution in [0.5, 0.6) is 5.75 Å². The highest BCUT2D eigenvalue weighted by molar-refractivity contribution is 6.32. The summed E-state index contributed by atoms with van der Waals surface area (Å²) in [6, 6.07) is 4.62. The highest BCUT2D eigenvalue weighted by Crippen LogP contribution is 2.28. The fraction of sp³-hybridized carbons (Fsp3) is 0.440. The number of benzene rings is 1. The monoisotopic (exact) mass is 541 g/mol. The molecule has 0 saturated heterocycles. The fourth-order valence-corrected chi connectivity index (χ4v) is 2.91. The molecule has 0 saturated carbocycles. The van der Waals surface area contributed by atoms with Gasteiger partial charge in [0.1, 0.15) is 17.2 Å². The smallest absolute Gasteiger partial charge is 0.349 e. The van der Waals surface area contributed by atoms with Gasteiger partial charge in [-0.1, -0.05) is 52.3 Å². The zero-order valence-corrected chi connectivity index (χ0v) is 23.8. The minimum absolute atomic E-state index is 0.0345. The number of ether oxygens (including phenoxy) is 1. The molecular weight excluding hydrogens is 505 g/mol. The number of carbonyl (C=O) groups is 1. The minimum atomic E-state index is -0.684. The molecule has 11 heteroatoms. The molecule has 0 bridgehead atoms. The summed E-state index contributed by atoms with van der Waals surface area (Å²) in [6.45, 7) is 12.1. The Kier molecular flexibility index (Phi) is 15.4. The highest BCUT2D eigenvalue weighted by Gasteiger charge is 2.14. The summed E-state index contributed by atoms with van der Waals surface area (Å²) in [6.07, 6.45) is 4.27. The summed E-state index contributed by atoms with van der Waals surface area (Å²) in [5, 5.41) is 6.93. The molecule has 0 aliphatic rings. The SMILES string of the molecule is C=C(/C=C(\C(=O)NC)C(C)C)Oc1ccc(-n2nc(CN(C)C)c(=O)[nH]c2=O)cc1Cl.CCC.CCl. The molecule has 200 valence electrons. The molecule has 1 amide bonds. The number of nitrogens with one attached hydrogen (secondary N) is 2. The van der Waals surface area contributed by atoms with E-state index in [1.54, 1.807) is 44.3 Å². The van der Waals surface area contributed by atoms with E-state index in [9.17, 15) is 14.4 Å². The molecule has 0 aliphatic heterocycles. The van der Waals surface area contributed by atoms with Crippen LogP contribution < -0.4 is 21.3 Å². The van der Waals surface area contributed by atoms with E-state index in [0.717, 1.165) is 4.68 Å². The summed E-state index contributed by atoms with van der Waals surface area (Å²) in [5.41, 5.74) is -0.168. The molecule has 1 aromatic carbocycles. The van der Waals surface area contributed by atoms with Crippen molar-refractivity contribution < 1.29 is 9.53 Å². The number of aromatic amines is 1. The Hall–Kier alpha value is -2.88.